The summed E-state index contributed by atoms with van der Waals surface area (Å²) >= 11 is 0. The molecule has 0 fully saturated rings. The average Bonchev–Trinajstić information content (AvgIpc) is 2.54. The molecule has 0 aliphatic heterocycles. The molecule has 0 heterocycles. The van der Waals surface area contributed by atoms with Gasteiger partial charge in [0.15, 0.2) is 0 Å². The predicted molar refractivity (Wildman–Crippen MR) is 97.4 cm³/mol. The van der Waals surface area contributed by atoms with Crippen molar-refractivity contribution < 1.29 is 5.11 Å². The van der Waals surface area contributed by atoms with Crippen LogP contribution in [-0.4, -0.2) is 17.2 Å². The Morgan fingerprint density at radius 3 is 1.61 bits per heavy atom. The van der Waals surface area contributed by atoms with E-state index >= 15 is 0 Å². The fraction of sp³-hybridized carbons (Fsp3) is 0.429. The van der Waals surface area contributed by atoms with Gasteiger partial charge in [-0.05, 0) is 23.5 Å². The summed E-state index contributed by atoms with van der Waals surface area (Å²) in [7, 11) is 0. The zero-order valence-electron chi connectivity index (χ0n) is 14.7. The molecule has 0 aliphatic carbocycles. The highest BCUT2D eigenvalue weighted by Gasteiger charge is 2.40. The fourth-order valence-electron chi connectivity index (χ4n) is 3.19. The first-order chi connectivity index (χ1) is 10.9. The summed E-state index contributed by atoms with van der Waals surface area (Å²) < 4.78 is 0. The van der Waals surface area contributed by atoms with Crippen molar-refractivity contribution in [1.82, 2.24) is 5.32 Å². The van der Waals surface area contributed by atoms with Crippen molar-refractivity contribution in [1.29, 1.82) is 0 Å². The third-order valence-electron chi connectivity index (χ3n) is 4.17. The van der Waals surface area contributed by atoms with Crippen LogP contribution in [0.3, 0.4) is 0 Å². The molecule has 0 radical (unpaired) electrons. The minimum Gasteiger partial charge on any atom is -0.379 e. The molecule has 2 aromatic rings. The summed E-state index contributed by atoms with van der Waals surface area (Å²) in [5, 5.41) is 15.4. The van der Waals surface area contributed by atoms with E-state index in [1.165, 1.54) is 0 Å². The van der Waals surface area contributed by atoms with Crippen molar-refractivity contribution in [2.75, 3.05) is 0 Å². The van der Waals surface area contributed by atoms with Gasteiger partial charge < -0.3 is 10.4 Å². The third-order valence-corrected chi connectivity index (χ3v) is 4.17. The van der Waals surface area contributed by atoms with Gasteiger partial charge in [0.25, 0.3) is 0 Å². The largest absolute Gasteiger partial charge is 0.379 e. The molecule has 23 heavy (non-hydrogen) atoms. The van der Waals surface area contributed by atoms with Crippen LogP contribution in [0.4, 0.5) is 0 Å². The Hall–Kier alpha value is -1.64. The topological polar surface area (TPSA) is 32.3 Å². The molecular weight excluding hydrogens is 282 g/mol. The van der Waals surface area contributed by atoms with E-state index in [-0.39, 0.29) is 6.04 Å². The van der Waals surface area contributed by atoms with E-state index in [0.29, 0.717) is 12.0 Å². The van der Waals surface area contributed by atoms with Crippen LogP contribution >= 0.6 is 0 Å². The second-order valence-electron chi connectivity index (χ2n) is 7.00. The molecule has 0 saturated heterocycles. The van der Waals surface area contributed by atoms with Crippen molar-refractivity contribution in [2.24, 2.45) is 5.92 Å². The first-order valence-corrected chi connectivity index (χ1v) is 8.54. The first kappa shape index (κ1) is 17.7. The van der Waals surface area contributed by atoms with Gasteiger partial charge in [-0.2, -0.15) is 0 Å². The molecule has 0 unspecified atom stereocenters. The molecule has 0 saturated carbocycles. The maximum Gasteiger partial charge on any atom is 0.130 e. The van der Waals surface area contributed by atoms with Crippen LogP contribution < -0.4 is 5.32 Å². The summed E-state index contributed by atoms with van der Waals surface area (Å²) in [5.41, 5.74) is 0.826. The number of hydrogen-bond donors (Lipinski definition) is 2. The van der Waals surface area contributed by atoms with Gasteiger partial charge in [-0.15, -0.1) is 0 Å². The van der Waals surface area contributed by atoms with Crippen molar-refractivity contribution in [3.63, 3.8) is 0 Å². The standard InChI is InChI=1S/C21H29NO/c1-16(2)15-20(22-17(3)4)21(23,18-11-7-5-8-12-18)19-13-9-6-10-14-19/h5-14,16-17,20,22-23H,15H2,1-4H3/t20-/m0/s1. The third kappa shape index (κ3) is 4.21. The summed E-state index contributed by atoms with van der Waals surface area (Å²) in [6.45, 7) is 8.66. The van der Waals surface area contributed by atoms with E-state index in [4.69, 9.17) is 0 Å². The molecule has 2 heteroatoms. The monoisotopic (exact) mass is 311 g/mol. The van der Waals surface area contributed by atoms with Crippen LogP contribution in [0.25, 0.3) is 0 Å². The van der Waals surface area contributed by atoms with Gasteiger partial charge in [0, 0.05) is 12.1 Å². The Labute approximate surface area is 140 Å². The molecular formula is C21H29NO. The number of aliphatic hydroxyl groups is 1. The average molecular weight is 311 g/mol. The van der Waals surface area contributed by atoms with E-state index in [1.54, 1.807) is 0 Å². The summed E-state index contributed by atoms with van der Waals surface area (Å²) in [5.74, 6) is 0.491. The first-order valence-electron chi connectivity index (χ1n) is 8.54. The second kappa shape index (κ2) is 7.76. The molecule has 124 valence electrons. The lowest BCUT2D eigenvalue weighted by Crippen LogP contribution is -2.52. The molecule has 0 aromatic heterocycles. The SMILES string of the molecule is CC(C)C[C@H](NC(C)C)C(O)(c1ccccc1)c1ccccc1. The lowest BCUT2D eigenvalue weighted by molar-refractivity contribution is 0.0256. The molecule has 2 N–H and O–H groups in total. The Morgan fingerprint density at radius 2 is 1.26 bits per heavy atom. The normalized spacial score (nSPS) is 13.5. The minimum atomic E-state index is -1.04. The summed E-state index contributed by atoms with van der Waals surface area (Å²) in [6, 6.07) is 20.3. The Morgan fingerprint density at radius 1 is 0.826 bits per heavy atom. The Balaban J connectivity index is 2.55. The van der Waals surface area contributed by atoms with Crippen LogP contribution in [0, 0.1) is 5.92 Å². The van der Waals surface area contributed by atoms with Crippen molar-refractivity contribution in [3.05, 3.63) is 71.8 Å². The summed E-state index contributed by atoms with van der Waals surface area (Å²) in [6.07, 6.45) is 0.901. The zero-order valence-corrected chi connectivity index (χ0v) is 14.7. The van der Waals surface area contributed by atoms with Crippen molar-refractivity contribution in [3.8, 4) is 0 Å². The molecule has 0 aliphatic rings. The van der Waals surface area contributed by atoms with Gasteiger partial charge in [-0.1, -0.05) is 88.4 Å². The van der Waals surface area contributed by atoms with Crippen LogP contribution in [0.2, 0.25) is 0 Å². The zero-order chi connectivity index (χ0) is 16.9. The smallest absolute Gasteiger partial charge is 0.130 e. The van der Waals surface area contributed by atoms with E-state index < -0.39 is 5.60 Å². The van der Waals surface area contributed by atoms with E-state index in [9.17, 15) is 5.11 Å². The predicted octanol–water partition coefficient (Wildman–Crippen LogP) is 4.34. The minimum absolute atomic E-state index is 0.0488. The van der Waals surface area contributed by atoms with Gasteiger partial charge in [0.2, 0.25) is 0 Å². The van der Waals surface area contributed by atoms with E-state index in [0.717, 1.165) is 17.5 Å². The fourth-order valence-corrected chi connectivity index (χ4v) is 3.19. The Kier molecular flexibility index (Phi) is 5.97. The number of benzene rings is 2. The second-order valence-corrected chi connectivity index (χ2v) is 7.00. The van der Waals surface area contributed by atoms with Crippen LogP contribution in [0.1, 0.15) is 45.2 Å². The molecule has 0 bridgehead atoms. The maximum atomic E-state index is 11.8. The maximum absolute atomic E-state index is 11.8. The van der Waals surface area contributed by atoms with Crippen LogP contribution in [0.5, 0.6) is 0 Å². The quantitative estimate of drug-likeness (QED) is 0.797. The highest BCUT2D eigenvalue weighted by Crippen LogP contribution is 2.35. The lowest BCUT2D eigenvalue weighted by Gasteiger charge is -2.40. The highest BCUT2D eigenvalue weighted by atomic mass is 16.3. The number of rotatable bonds is 7. The van der Waals surface area contributed by atoms with Crippen LogP contribution in [0.15, 0.2) is 60.7 Å². The Bertz CT molecular complexity index is 528. The van der Waals surface area contributed by atoms with E-state index in [1.807, 2.05) is 60.7 Å². The van der Waals surface area contributed by atoms with E-state index in [2.05, 4.69) is 33.0 Å². The number of hydrogen-bond acceptors (Lipinski definition) is 2. The number of nitrogens with one attached hydrogen (secondary N) is 1. The van der Waals surface area contributed by atoms with Crippen molar-refractivity contribution in [2.45, 2.75) is 51.8 Å². The summed E-state index contributed by atoms with van der Waals surface area (Å²) in [4.78, 5) is 0. The van der Waals surface area contributed by atoms with Crippen molar-refractivity contribution >= 4 is 0 Å². The van der Waals surface area contributed by atoms with Gasteiger partial charge in [-0.25, -0.2) is 0 Å². The molecule has 2 aromatic carbocycles. The molecule has 0 spiro atoms. The van der Waals surface area contributed by atoms with Gasteiger partial charge >= 0.3 is 0 Å². The highest BCUT2D eigenvalue weighted by molar-refractivity contribution is 5.38. The van der Waals surface area contributed by atoms with Gasteiger partial charge in [-0.3, -0.25) is 0 Å². The van der Waals surface area contributed by atoms with Gasteiger partial charge in [0.05, 0.1) is 0 Å². The van der Waals surface area contributed by atoms with Crippen LogP contribution in [-0.2, 0) is 5.60 Å². The molecule has 2 rings (SSSR count). The molecule has 2 nitrogen and oxygen atoms in total. The van der Waals surface area contributed by atoms with Gasteiger partial charge in [0.1, 0.15) is 5.60 Å². The molecule has 0 amide bonds. The molecule has 1 atom stereocenters. The lowest BCUT2D eigenvalue weighted by atomic mass is 9.77.